The van der Waals surface area contributed by atoms with Gasteiger partial charge in [-0.3, -0.25) is 4.79 Å². The molecule has 0 aromatic heterocycles. The Bertz CT molecular complexity index is 666. The van der Waals surface area contributed by atoms with Gasteiger partial charge >= 0.3 is 0 Å². The maximum atomic E-state index is 11.8. The Kier molecular flexibility index (Phi) is 3.59. The Hall–Kier alpha value is -1.33. The summed E-state index contributed by atoms with van der Waals surface area (Å²) in [7, 11) is 0. The van der Waals surface area contributed by atoms with Gasteiger partial charge in [-0.2, -0.15) is 0 Å². The van der Waals surface area contributed by atoms with E-state index in [2.05, 4.69) is 19.4 Å². The van der Waals surface area contributed by atoms with Crippen LogP contribution in [0.1, 0.15) is 58.3 Å². The van der Waals surface area contributed by atoms with Crippen molar-refractivity contribution in [2.24, 2.45) is 29.1 Å². The van der Waals surface area contributed by atoms with Crippen LogP contribution in [0, 0.1) is 41.4 Å². The minimum atomic E-state index is -0.973. The number of ketones is 1. The highest BCUT2D eigenvalue weighted by molar-refractivity contribution is 5.91. The number of allylic oxidation sites excluding steroid dienone is 2. The lowest BCUT2D eigenvalue weighted by molar-refractivity contribution is -0.116. The van der Waals surface area contributed by atoms with Gasteiger partial charge in [-0.1, -0.05) is 30.6 Å². The Labute approximate surface area is 145 Å². The first-order chi connectivity index (χ1) is 11.5. The minimum Gasteiger partial charge on any atom is -0.377 e. The van der Waals surface area contributed by atoms with Gasteiger partial charge in [-0.25, -0.2) is 0 Å². The van der Waals surface area contributed by atoms with Gasteiger partial charge in [0.05, 0.1) is 0 Å². The molecule has 4 aliphatic carbocycles. The van der Waals surface area contributed by atoms with Crippen LogP contribution >= 0.6 is 0 Å². The Morgan fingerprint density at radius 3 is 2.88 bits per heavy atom. The molecule has 0 heterocycles. The average Bonchev–Trinajstić information content (AvgIpc) is 2.88. The highest BCUT2D eigenvalue weighted by Gasteiger charge is 2.64. The third kappa shape index (κ3) is 1.91. The van der Waals surface area contributed by atoms with Crippen LogP contribution in [0.25, 0.3) is 0 Å². The summed E-state index contributed by atoms with van der Waals surface area (Å²) in [4.78, 5) is 11.8. The van der Waals surface area contributed by atoms with Crippen molar-refractivity contribution in [3.63, 3.8) is 0 Å². The Balaban J connectivity index is 1.74. The smallest absolute Gasteiger partial charge is 0.155 e. The van der Waals surface area contributed by atoms with Crippen LogP contribution in [0.3, 0.4) is 0 Å². The van der Waals surface area contributed by atoms with E-state index in [-0.39, 0.29) is 5.41 Å². The molecule has 0 spiro atoms. The molecule has 0 aromatic carbocycles. The summed E-state index contributed by atoms with van der Waals surface area (Å²) in [5.74, 6) is 5.13. The number of carbonyl (C=O) groups is 1. The normalized spacial score (nSPS) is 47.3. The van der Waals surface area contributed by atoms with Crippen LogP contribution in [0.15, 0.2) is 23.8 Å². The second-order valence-electron chi connectivity index (χ2n) is 8.55. The second kappa shape index (κ2) is 5.33. The van der Waals surface area contributed by atoms with Crippen molar-refractivity contribution in [3.05, 3.63) is 23.8 Å². The van der Waals surface area contributed by atoms with Gasteiger partial charge in [0.25, 0.3) is 0 Å². The molecule has 0 aromatic rings. The average molecular weight is 324 g/mol. The van der Waals surface area contributed by atoms with Crippen molar-refractivity contribution in [2.45, 2.75) is 63.9 Å². The van der Waals surface area contributed by atoms with Crippen LogP contribution < -0.4 is 0 Å². The van der Waals surface area contributed by atoms with E-state index in [9.17, 15) is 9.90 Å². The van der Waals surface area contributed by atoms with Gasteiger partial charge in [0.1, 0.15) is 5.60 Å². The largest absolute Gasteiger partial charge is 0.377 e. The van der Waals surface area contributed by atoms with Crippen LogP contribution in [0.4, 0.5) is 0 Å². The highest BCUT2D eigenvalue weighted by atomic mass is 16.3. The number of rotatable bonds is 1. The number of fused-ring (bicyclic) bond motifs is 5. The van der Waals surface area contributed by atoms with Gasteiger partial charge in [0.2, 0.25) is 0 Å². The van der Waals surface area contributed by atoms with E-state index in [1.165, 1.54) is 11.1 Å². The molecule has 2 heteroatoms. The molecule has 1 N–H and O–H groups in total. The summed E-state index contributed by atoms with van der Waals surface area (Å²) >= 11 is 0. The molecule has 2 nitrogen and oxygen atoms in total. The summed E-state index contributed by atoms with van der Waals surface area (Å²) in [5, 5.41) is 11.2. The topological polar surface area (TPSA) is 37.3 Å². The Morgan fingerprint density at radius 1 is 1.38 bits per heavy atom. The Morgan fingerprint density at radius 2 is 2.17 bits per heavy atom. The quantitative estimate of drug-likeness (QED) is 0.583. The van der Waals surface area contributed by atoms with E-state index in [0.717, 1.165) is 44.9 Å². The van der Waals surface area contributed by atoms with Crippen LogP contribution in [0.5, 0.6) is 0 Å². The highest BCUT2D eigenvalue weighted by Crippen LogP contribution is 2.67. The molecule has 3 saturated carbocycles. The molecule has 0 amide bonds. The summed E-state index contributed by atoms with van der Waals surface area (Å²) < 4.78 is 0. The lowest BCUT2D eigenvalue weighted by atomic mass is 9.48. The van der Waals surface area contributed by atoms with Gasteiger partial charge < -0.3 is 5.11 Å². The first-order valence-electron chi connectivity index (χ1n) is 9.57. The second-order valence-corrected chi connectivity index (χ2v) is 8.55. The fourth-order valence-electron chi connectivity index (χ4n) is 6.90. The maximum Gasteiger partial charge on any atom is 0.155 e. The number of terminal acetylenes is 1. The molecule has 3 fully saturated rings. The first-order valence-corrected chi connectivity index (χ1v) is 9.57. The number of hydrogen-bond donors (Lipinski definition) is 1. The molecular weight excluding hydrogens is 296 g/mol. The third-order valence-electron chi connectivity index (χ3n) is 7.94. The molecule has 6 atom stereocenters. The molecular formula is C22H28O2. The predicted octanol–water partition coefficient (Wildman–Crippen LogP) is 4.05. The number of hydrogen-bond acceptors (Lipinski definition) is 2. The number of carbonyl (C=O) groups excluding carboxylic acids is 1. The standard InChI is InChI=1S/C22H28O2/c1-4-21-13-14(3)20-17-9-7-16(23)12-15(17)6-8-18(20)19(21)10-11-22(21,24)5-2/h2,12,17-20,24H,3-4,6-11,13H2,1H3/t17?,18?,19?,20?,21-,22-/m0/s1. The van der Waals surface area contributed by atoms with Crippen molar-refractivity contribution >= 4 is 5.78 Å². The van der Waals surface area contributed by atoms with Gasteiger partial charge in [-0.15, -0.1) is 6.42 Å². The molecule has 0 radical (unpaired) electrons. The summed E-state index contributed by atoms with van der Waals surface area (Å²) in [6.07, 6.45) is 15.1. The maximum absolute atomic E-state index is 11.8. The van der Waals surface area contributed by atoms with Gasteiger partial charge in [0.15, 0.2) is 5.78 Å². The number of aliphatic hydroxyl groups is 1. The third-order valence-corrected chi connectivity index (χ3v) is 7.94. The SMILES string of the molecule is C#C[C@]1(O)CCC2C3CCC4=CC(=O)CCC4C3C(=C)C[C@@]21CC. The molecule has 4 rings (SSSR count). The van der Waals surface area contributed by atoms with Crippen molar-refractivity contribution in [3.8, 4) is 12.3 Å². The van der Waals surface area contributed by atoms with E-state index in [0.29, 0.717) is 35.9 Å². The molecule has 0 bridgehead atoms. The van der Waals surface area contributed by atoms with E-state index in [1.54, 1.807) is 0 Å². The molecule has 0 aliphatic heterocycles. The van der Waals surface area contributed by atoms with E-state index >= 15 is 0 Å². The van der Waals surface area contributed by atoms with Crippen molar-refractivity contribution in [1.29, 1.82) is 0 Å². The van der Waals surface area contributed by atoms with Crippen LogP contribution in [-0.2, 0) is 4.79 Å². The zero-order valence-electron chi connectivity index (χ0n) is 14.7. The van der Waals surface area contributed by atoms with E-state index < -0.39 is 5.60 Å². The zero-order chi connectivity index (χ0) is 17.1. The van der Waals surface area contributed by atoms with E-state index in [4.69, 9.17) is 6.42 Å². The fraction of sp³-hybridized carbons (Fsp3) is 0.682. The van der Waals surface area contributed by atoms with E-state index in [1.807, 2.05) is 6.08 Å². The lowest BCUT2D eigenvalue weighted by Crippen LogP contribution is -2.54. The first kappa shape index (κ1) is 16.2. The predicted molar refractivity (Wildman–Crippen MR) is 95.0 cm³/mol. The van der Waals surface area contributed by atoms with Gasteiger partial charge in [0, 0.05) is 11.8 Å². The molecule has 4 unspecified atom stereocenters. The van der Waals surface area contributed by atoms with Crippen molar-refractivity contribution in [1.82, 2.24) is 0 Å². The summed E-state index contributed by atoms with van der Waals surface area (Å²) in [6.45, 7) is 6.65. The molecule has 4 aliphatic rings. The van der Waals surface area contributed by atoms with Crippen molar-refractivity contribution in [2.75, 3.05) is 0 Å². The summed E-state index contributed by atoms with van der Waals surface area (Å²) in [5.41, 5.74) is 1.48. The van der Waals surface area contributed by atoms with Gasteiger partial charge in [-0.05, 0) is 74.7 Å². The molecule has 128 valence electrons. The minimum absolute atomic E-state index is 0.189. The molecule has 24 heavy (non-hydrogen) atoms. The van der Waals surface area contributed by atoms with Crippen molar-refractivity contribution < 1.29 is 9.90 Å². The van der Waals surface area contributed by atoms with Crippen LogP contribution in [-0.4, -0.2) is 16.5 Å². The zero-order valence-corrected chi connectivity index (χ0v) is 14.7. The lowest BCUT2D eigenvalue weighted by Gasteiger charge is -2.56. The molecule has 0 saturated heterocycles. The fourth-order valence-corrected chi connectivity index (χ4v) is 6.90. The van der Waals surface area contributed by atoms with Crippen LogP contribution in [0.2, 0.25) is 0 Å². The summed E-state index contributed by atoms with van der Waals surface area (Å²) in [6, 6.07) is 0. The monoisotopic (exact) mass is 324 g/mol.